The van der Waals surface area contributed by atoms with Gasteiger partial charge in [-0.15, -0.1) is 6.42 Å². The third kappa shape index (κ3) is 3.13. The molecule has 0 saturated heterocycles. The maximum atomic E-state index is 11.1. The average Bonchev–Trinajstić information content (AvgIpc) is 2.62. The molecule has 0 heterocycles. The Bertz CT molecular complexity index is 346. The zero-order chi connectivity index (χ0) is 11.3. The monoisotopic (exact) mass is 208 g/mol. The minimum atomic E-state index is -0.844. The van der Waals surface area contributed by atoms with E-state index in [1.807, 2.05) is 0 Å². The van der Waals surface area contributed by atoms with E-state index in [0.29, 0.717) is 24.2 Å². The van der Waals surface area contributed by atoms with E-state index >= 15 is 0 Å². The first-order valence-electron chi connectivity index (χ1n) is 4.66. The van der Waals surface area contributed by atoms with Crippen molar-refractivity contribution >= 4 is 11.9 Å². The second-order valence-corrected chi connectivity index (χ2v) is 3.16. The Balaban J connectivity index is 2.57. The maximum absolute atomic E-state index is 11.1. The Labute approximate surface area is 88.2 Å². The van der Waals surface area contributed by atoms with Crippen molar-refractivity contribution in [2.45, 2.75) is 26.2 Å². The lowest BCUT2D eigenvalue weighted by molar-refractivity contribution is -0.113. The number of hydrogen-bond acceptors (Lipinski definition) is 4. The molecule has 4 nitrogen and oxygen atoms in total. The average molecular weight is 208 g/mol. The Kier molecular flexibility index (Phi) is 3.92. The van der Waals surface area contributed by atoms with Crippen LogP contribution < -0.4 is 0 Å². The number of allylic oxidation sites excluding steroid dienone is 2. The van der Waals surface area contributed by atoms with Crippen LogP contribution in [0.2, 0.25) is 0 Å². The largest absolute Gasteiger partial charge is 0.514 e. The first-order valence-corrected chi connectivity index (χ1v) is 4.66. The summed E-state index contributed by atoms with van der Waals surface area (Å²) in [6, 6.07) is 0. The molecule has 0 unspecified atom stereocenters. The Morgan fingerprint density at radius 1 is 1.47 bits per heavy atom. The summed E-state index contributed by atoms with van der Waals surface area (Å²) in [4.78, 5) is 22.2. The van der Waals surface area contributed by atoms with Gasteiger partial charge in [0.25, 0.3) is 0 Å². The van der Waals surface area contributed by atoms with Crippen LogP contribution in [-0.4, -0.2) is 18.5 Å². The van der Waals surface area contributed by atoms with Gasteiger partial charge in [0.15, 0.2) is 12.4 Å². The number of carbonyl (C=O) groups is 2. The number of terminal acetylenes is 1. The number of hydrogen-bond donors (Lipinski definition) is 0. The van der Waals surface area contributed by atoms with E-state index in [4.69, 9.17) is 11.2 Å². The molecule has 0 N–H and O–H groups in total. The van der Waals surface area contributed by atoms with Crippen LogP contribution in [-0.2, 0) is 14.3 Å². The molecule has 15 heavy (non-hydrogen) atoms. The molecule has 0 radical (unpaired) electrons. The van der Waals surface area contributed by atoms with Crippen LogP contribution >= 0.6 is 0 Å². The van der Waals surface area contributed by atoms with Crippen LogP contribution in [0.4, 0.5) is 4.79 Å². The molecule has 1 aliphatic rings. The Morgan fingerprint density at radius 2 is 2.20 bits per heavy atom. The number of ketones is 1. The van der Waals surface area contributed by atoms with E-state index in [0.717, 1.165) is 6.42 Å². The normalized spacial score (nSPS) is 14.7. The van der Waals surface area contributed by atoms with Crippen LogP contribution in [0.3, 0.4) is 0 Å². The summed E-state index contributed by atoms with van der Waals surface area (Å²) in [5.74, 6) is 2.51. The van der Waals surface area contributed by atoms with Gasteiger partial charge in [0.2, 0.25) is 0 Å². The van der Waals surface area contributed by atoms with Crippen molar-refractivity contribution in [3.05, 3.63) is 11.3 Å². The summed E-state index contributed by atoms with van der Waals surface area (Å²) in [6.45, 7) is 1.33. The molecule has 0 aromatic carbocycles. The van der Waals surface area contributed by atoms with Gasteiger partial charge >= 0.3 is 6.16 Å². The summed E-state index contributed by atoms with van der Waals surface area (Å²) in [5.41, 5.74) is 0.577. The van der Waals surface area contributed by atoms with Gasteiger partial charge in [-0.3, -0.25) is 4.79 Å². The van der Waals surface area contributed by atoms with E-state index in [9.17, 15) is 9.59 Å². The van der Waals surface area contributed by atoms with Gasteiger partial charge < -0.3 is 9.47 Å². The highest BCUT2D eigenvalue weighted by Gasteiger charge is 2.22. The summed E-state index contributed by atoms with van der Waals surface area (Å²) in [5, 5.41) is 0. The molecule has 0 aromatic heterocycles. The minimum absolute atomic E-state index is 0.0627. The first-order chi connectivity index (χ1) is 7.15. The second kappa shape index (κ2) is 5.20. The summed E-state index contributed by atoms with van der Waals surface area (Å²) in [7, 11) is 0. The lowest BCUT2D eigenvalue weighted by Crippen LogP contribution is -2.08. The number of ether oxygens (including phenoxy) is 2. The fourth-order valence-corrected chi connectivity index (χ4v) is 1.43. The molecule has 0 atom stereocenters. The lowest BCUT2D eigenvalue weighted by atomic mass is 10.2. The van der Waals surface area contributed by atoms with Crippen molar-refractivity contribution in [3.63, 3.8) is 0 Å². The third-order valence-corrected chi connectivity index (χ3v) is 2.07. The van der Waals surface area contributed by atoms with E-state index in [1.165, 1.54) is 6.92 Å². The van der Waals surface area contributed by atoms with Crippen LogP contribution in [0.15, 0.2) is 11.3 Å². The molecule has 0 spiro atoms. The van der Waals surface area contributed by atoms with Gasteiger partial charge in [0.05, 0.1) is 0 Å². The van der Waals surface area contributed by atoms with Crippen LogP contribution in [0.25, 0.3) is 0 Å². The van der Waals surface area contributed by atoms with Crippen molar-refractivity contribution in [2.24, 2.45) is 0 Å². The molecule has 0 aliphatic heterocycles. The Hall–Kier alpha value is -1.76. The number of carbonyl (C=O) groups excluding carboxylic acids is 2. The van der Waals surface area contributed by atoms with Crippen molar-refractivity contribution in [1.29, 1.82) is 0 Å². The van der Waals surface area contributed by atoms with Gasteiger partial charge in [-0.05, 0) is 19.8 Å². The van der Waals surface area contributed by atoms with Gasteiger partial charge in [-0.1, -0.05) is 5.92 Å². The first kappa shape index (κ1) is 11.3. The highest BCUT2D eigenvalue weighted by molar-refractivity contribution is 5.94. The predicted molar refractivity (Wildman–Crippen MR) is 52.8 cm³/mol. The molecule has 0 fully saturated rings. The SMILES string of the molecule is C#CCOC(=O)OC1=C(C(C)=O)CCC1. The summed E-state index contributed by atoms with van der Waals surface area (Å²) < 4.78 is 9.43. The molecule has 1 rings (SSSR count). The zero-order valence-corrected chi connectivity index (χ0v) is 8.54. The molecular formula is C11H12O4. The fourth-order valence-electron chi connectivity index (χ4n) is 1.43. The molecule has 0 amide bonds. The lowest BCUT2D eigenvalue weighted by Gasteiger charge is -2.05. The molecule has 80 valence electrons. The molecule has 4 heteroatoms. The van der Waals surface area contributed by atoms with E-state index < -0.39 is 6.16 Å². The van der Waals surface area contributed by atoms with Crippen LogP contribution in [0.1, 0.15) is 26.2 Å². The second-order valence-electron chi connectivity index (χ2n) is 3.16. The quantitative estimate of drug-likeness (QED) is 0.524. The maximum Gasteiger partial charge on any atom is 0.514 e. The molecule has 0 aromatic rings. The van der Waals surface area contributed by atoms with E-state index in [2.05, 4.69) is 10.7 Å². The number of rotatable bonds is 3. The third-order valence-electron chi connectivity index (χ3n) is 2.07. The van der Waals surface area contributed by atoms with Gasteiger partial charge in [0.1, 0.15) is 5.76 Å². The smallest absolute Gasteiger partial charge is 0.421 e. The number of Topliss-reactive ketones (excluding diaryl/α,β-unsaturated/α-hetero) is 1. The highest BCUT2D eigenvalue weighted by atomic mass is 16.7. The summed E-state index contributed by atoms with van der Waals surface area (Å²) in [6.07, 6.45) is 6.15. The van der Waals surface area contributed by atoms with Gasteiger partial charge in [0, 0.05) is 12.0 Å². The van der Waals surface area contributed by atoms with Gasteiger partial charge in [-0.2, -0.15) is 0 Å². The fraction of sp³-hybridized carbons (Fsp3) is 0.455. The van der Waals surface area contributed by atoms with Crippen molar-refractivity contribution in [3.8, 4) is 12.3 Å². The highest BCUT2D eigenvalue weighted by Crippen LogP contribution is 2.27. The zero-order valence-electron chi connectivity index (χ0n) is 8.54. The van der Waals surface area contributed by atoms with Crippen molar-refractivity contribution in [1.82, 2.24) is 0 Å². The molecule has 0 saturated carbocycles. The van der Waals surface area contributed by atoms with Crippen molar-refractivity contribution < 1.29 is 19.1 Å². The van der Waals surface area contributed by atoms with Crippen LogP contribution in [0, 0.1) is 12.3 Å². The van der Waals surface area contributed by atoms with E-state index in [1.54, 1.807) is 0 Å². The standard InChI is InChI=1S/C11H12O4/c1-3-7-14-11(13)15-10-6-4-5-9(10)8(2)12/h1H,4-7H2,2H3. The molecular weight excluding hydrogens is 196 g/mol. The Morgan fingerprint density at radius 3 is 2.80 bits per heavy atom. The predicted octanol–water partition coefficient (Wildman–Crippen LogP) is 1.80. The summed E-state index contributed by atoms with van der Waals surface area (Å²) >= 11 is 0. The molecule has 1 aliphatic carbocycles. The van der Waals surface area contributed by atoms with E-state index in [-0.39, 0.29) is 12.4 Å². The van der Waals surface area contributed by atoms with Crippen LogP contribution in [0.5, 0.6) is 0 Å². The topological polar surface area (TPSA) is 52.6 Å². The minimum Gasteiger partial charge on any atom is -0.421 e. The van der Waals surface area contributed by atoms with Gasteiger partial charge in [-0.25, -0.2) is 4.79 Å². The molecule has 0 bridgehead atoms. The van der Waals surface area contributed by atoms with Crippen molar-refractivity contribution in [2.75, 3.05) is 6.61 Å².